The number of hydrogen-bond acceptors (Lipinski definition) is 16. The third-order valence-corrected chi connectivity index (χ3v) is 8.27. The second-order valence-corrected chi connectivity index (χ2v) is 12.0. The molecule has 0 aromatic carbocycles. The average molecular weight is 624 g/mol. The van der Waals surface area contributed by atoms with Crippen LogP contribution in [0.1, 0.15) is 32.6 Å². The number of hydrogen-bond donors (Lipinski definition) is 12. The molecule has 0 amide bonds. The van der Waals surface area contributed by atoms with Gasteiger partial charge < -0.3 is 83.2 Å². The lowest BCUT2D eigenvalue weighted by molar-refractivity contribution is -0.306. The van der Waals surface area contributed by atoms with E-state index in [9.17, 15) is 25.5 Å². The number of amidine groups is 1. The molecule has 2 heterocycles. The zero-order valence-electron chi connectivity index (χ0n) is 24.9. The molecular weight excluding hydrogens is 570 g/mol. The van der Waals surface area contributed by atoms with E-state index in [-0.39, 0.29) is 51.1 Å². The highest BCUT2D eigenvalue weighted by Crippen LogP contribution is 2.33. The average Bonchev–Trinajstić information content (AvgIpc) is 2.95. The maximum atomic E-state index is 11.6. The monoisotopic (exact) mass is 623 g/mol. The maximum Gasteiger partial charge on any atom is 0.185 e. The number of aliphatic imine (C=N–C) groups is 1. The fourth-order valence-corrected chi connectivity index (χ4v) is 5.78. The van der Waals surface area contributed by atoms with Crippen LogP contribution in [0.25, 0.3) is 0 Å². The predicted octanol–water partition coefficient (Wildman–Crippen LogP) is -5.88. The number of aliphatic hydroxyl groups excluding tert-OH is 5. The number of rotatable bonds is 14. The van der Waals surface area contributed by atoms with Crippen molar-refractivity contribution in [3.63, 3.8) is 0 Å². The quantitative estimate of drug-likeness (QED) is 0.0633. The van der Waals surface area contributed by atoms with E-state index in [4.69, 9.17) is 47.0 Å². The molecule has 0 radical (unpaired) electrons. The zero-order valence-corrected chi connectivity index (χ0v) is 24.9. The van der Waals surface area contributed by atoms with Gasteiger partial charge in [0.05, 0.1) is 43.5 Å². The van der Waals surface area contributed by atoms with Gasteiger partial charge in [-0.25, -0.2) is 0 Å². The predicted molar refractivity (Wildman–Crippen MR) is 154 cm³/mol. The summed E-state index contributed by atoms with van der Waals surface area (Å²) in [6, 6.07) is -2.96. The first-order valence-electron chi connectivity index (χ1n) is 14.9. The van der Waals surface area contributed by atoms with E-state index in [1.54, 1.807) is 7.05 Å². The number of aliphatic hydroxyl groups is 6. The van der Waals surface area contributed by atoms with Gasteiger partial charge in [0.25, 0.3) is 0 Å². The molecule has 16 N–H and O–H groups in total. The molecular formula is C26H53N7O10. The fraction of sp³-hybridized carbons (Fsp3) is 0.962. The van der Waals surface area contributed by atoms with E-state index in [2.05, 4.69) is 15.6 Å². The molecule has 17 nitrogen and oxygen atoms in total. The Balaban J connectivity index is 1.78. The van der Waals surface area contributed by atoms with Gasteiger partial charge in [0.1, 0.15) is 42.0 Å². The minimum atomic E-state index is -1.42. The van der Waals surface area contributed by atoms with E-state index in [0.717, 1.165) is 0 Å². The number of likely N-dealkylation sites (N-methyl/N-ethyl adjacent to an activating group) is 1. The van der Waals surface area contributed by atoms with Crippen molar-refractivity contribution >= 4 is 5.84 Å². The molecule has 3 rings (SSSR count). The van der Waals surface area contributed by atoms with Crippen LogP contribution in [0.2, 0.25) is 0 Å². The van der Waals surface area contributed by atoms with Gasteiger partial charge in [0.15, 0.2) is 12.6 Å². The van der Waals surface area contributed by atoms with Gasteiger partial charge in [-0.15, -0.1) is 0 Å². The summed E-state index contributed by atoms with van der Waals surface area (Å²) in [6.45, 7) is 1.73. The summed E-state index contributed by atoms with van der Waals surface area (Å²) in [7, 11) is 1.58. The molecule has 0 bridgehead atoms. The summed E-state index contributed by atoms with van der Waals surface area (Å²) in [5.74, 6) is -0.108. The van der Waals surface area contributed by atoms with Crippen LogP contribution < -0.4 is 33.6 Å². The van der Waals surface area contributed by atoms with Crippen LogP contribution in [-0.4, -0.2) is 161 Å². The molecule has 43 heavy (non-hydrogen) atoms. The molecule has 2 unspecified atom stereocenters. The Morgan fingerprint density at radius 1 is 1.09 bits per heavy atom. The molecule has 14 atom stereocenters. The Labute approximate surface area is 251 Å². The summed E-state index contributed by atoms with van der Waals surface area (Å²) in [4.78, 5) is 4.42. The summed E-state index contributed by atoms with van der Waals surface area (Å²) < 4.78 is 24.0. The molecule has 0 aromatic heterocycles. The molecule has 1 saturated carbocycles. The summed E-state index contributed by atoms with van der Waals surface area (Å²) >= 11 is 0. The fourth-order valence-electron chi connectivity index (χ4n) is 5.78. The topological polar surface area (TPSA) is 299 Å². The third kappa shape index (κ3) is 9.44. The molecule has 0 spiro atoms. The largest absolute Gasteiger partial charge is 0.394 e. The minimum absolute atomic E-state index is 0.108. The van der Waals surface area contributed by atoms with Crippen molar-refractivity contribution in [2.75, 3.05) is 39.9 Å². The van der Waals surface area contributed by atoms with Gasteiger partial charge >= 0.3 is 0 Å². The Bertz CT molecular complexity index is 876. The van der Waals surface area contributed by atoms with E-state index < -0.39 is 79.0 Å². The molecule has 3 aliphatic rings. The van der Waals surface area contributed by atoms with Crippen LogP contribution in [0.3, 0.4) is 0 Å². The second kappa shape index (κ2) is 16.4. The Morgan fingerprint density at radius 2 is 1.79 bits per heavy atom. The molecule has 17 heteroatoms. The third-order valence-electron chi connectivity index (χ3n) is 8.27. The van der Waals surface area contributed by atoms with Crippen LogP contribution in [0, 0.1) is 0 Å². The van der Waals surface area contributed by atoms with Gasteiger partial charge in [0, 0.05) is 19.1 Å². The normalized spacial score (nSPS) is 42.5. The number of nitrogens with one attached hydrogen (secondary N) is 2. The van der Waals surface area contributed by atoms with E-state index >= 15 is 0 Å². The number of nitrogens with two attached hydrogens (primary N) is 4. The lowest BCUT2D eigenvalue weighted by Gasteiger charge is -2.48. The first kappa shape index (κ1) is 36.3. The van der Waals surface area contributed by atoms with Gasteiger partial charge in [-0.05, 0) is 46.2 Å². The lowest BCUT2D eigenvalue weighted by Crippen LogP contribution is -2.67. The summed E-state index contributed by atoms with van der Waals surface area (Å²) in [5, 5.41) is 68.0. The molecule has 3 fully saturated rings. The van der Waals surface area contributed by atoms with Crippen LogP contribution in [-0.2, 0) is 18.9 Å². The van der Waals surface area contributed by atoms with E-state index in [1.165, 1.54) is 6.92 Å². The summed E-state index contributed by atoms with van der Waals surface area (Å²) in [6.07, 6.45) is -7.98. The van der Waals surface area contributed by atoms with Crippen molar-refractivity contribution in [3.05, 3.63) is 0 Å². The van der Waals surface area contributed by atoms with Gasteiger partial charge in [-0.1, -0.05) is 0 Å². The first-order valence-corrected chi connectivity index (χ1v) is 14.9. The zero-order chi connectivity index (χ0) is 31.9. The van der Waals surface area contributed by atoms with Crippen molar-refractivity contribution in [1.82, 2.24) is 10.6 Å². The van der Waals surface area contributed by atoms with E-state index in [1.807, 2.05) is 0 Å². The lowest BCUT2D eigenvalue weighted by atomic mass is 9.83. The Hall–Kier alpha value is -1.13. The van der Waals surface area contributed by atoms with Crippen molar-refractivity contribution in [3.8, 4) is 0 Å². The molecule has 252 valence electrons. The second-order valence-electron chi connectivity index (χ2n) is 12.0. The van der Waals surface area contributed by atoms with Crippen LogP contribution in [0.15, 0.2) is 4.99 Å². The van der Waals surface area contributed by atoms with Crippen LogP contribution in [0.5, 0.6) is 0 Å². The van der Waals surface area contributed by atoms with Crippen LogP contribution >= 0.6 is 0 Å². The van der Waals surface area contributed by atoms with Crippen molar-refractivity contribution in [1.29, 1.82) is 0 Å². The van der Waals surface area contributed by atoms with Crippen molar-refractivity contribution in [2.45, 2.75) is 118 Å². The highest BCUT2D eigenvalue weighted by Gasteiger charge is 2.51. The summed E-state index contributed by atoms with van der Waals surface area (Å²) in [5.41, 5.74) is 23.0. The van der Waals surface area contributed by atoms with E-state index in [0.29, 0.717) is 19.4 Å². The number of nitrogens with zero attached hydrogens (tertiary/aromatic N) is 1. The van der Waals surface area contributed by atoms with Crippen molar-refractivity contribution in [2.24, 2.45) is 27.9 Å². The Morgan fingerprint density at radius 3 is 2.44 bits per heavy atom. The minimum Gasteiger partial charge on any atom is -0.394 e. The molecule has 2 saturated heterocycles. The van der Waals surface area contributed by atoms with Gasteiger partial charge in [-0.2, -0.15) is 0 Å². The number of ether oxygens (including phenoxy) is 4. The van der Waals surface area contributed by atoms with Crippen LogP contribution in [0.4, 0.5) is 0 Å². The standard InChI is InChI=1S/C26H53N7O10/c1-26(39)11-40-25(19(38)22(26)31-2)43-21-16(33-23(30)17(36)5-6-27)7-15(29)20(18(21)37)42-24-14(28)4-3-13(41-24)9-32-8-12(35)10-34/h12-22,24-25,31-32,34-39H,3-11,27-29H2,1-2H3,(H2,30,33)/t12?,13-,14+,15-,16+,17?,18-,19+,20+,21-,22+,24+,25+,26-/m0/s1. The highest BCUT2D eigenvalue weighted by atomic mass is 16.7. The molecule has 0 aromatic rings. The first-order chi connectivity index (χ1) is 20.3. The highest BCUT2D eigenvalue weighted by molar-refractivity contribution is 5.84. The molecule has 1 aliphatic carbocycles. The maximum absolute atomic E-state index is 11.6. The van der Waals surface area contributed by atoms with Gasteiger partial charge in [0.2, 0.25) is 0 Å². The van der Waals surface area contributed by atoms with Gasteiger partial charge in [-0.3, -0.25) is 4.99 Å². The SMILES string of the molecule is CN[C@@H]1[C@@H](O)[C@@H](O[C@@H]2[C@@H](O)[C@H](O[C@H]3O[C@H](CNCC(O)CO)CC[C@H]3N)[C@@H](N)C[C@H]2N=C(N)C(O)CCN)OC[C@]1(C)O. The smallest absolute Gasteiger partial charge is 0.185 e. The molecule has 2 aliphatic heterocycles. The van der Waals surface area contributed by atoms with Crippen molar-refractivity contribution < 1.29 is 49.6 Å². The Kier molecular flexibility index (Phi) is 13.9.